The summed E-state index contributed by atoms with van der Waals surface area (Å²) in [4.78, 5) is 16.6. The summed E-state index contributed by atoms with van der Waals surface area (Å²) in [5, 5.41) is 13.3. The number of nitrogens with zero attached hydrogens (tertiary/aromatic N) is 4. The Morgan fingerprint density at radius 3 is 2.29 bits per heavy atom. The minimum Gasteiger partial charge on any atom is -0.323 e. The summed E-state index contributed by atoms with van der Waals surface area (Å²) in [6, 6.07) is 16.0. The van der Waals surface area contributed by atoms with E-state index in [1.165, 1.54) is 11.8 Å². The Bertz CT molecular complexity index is 1200. The normalized spacial score (nSPS) is 10.8. The third-order valence-corrected chi connectivity index (χ3v) is 6.03. The van der Waals surface area contributed by atoms with Gasteiger partial charge in [-0.05, 0) is 48.5 Å². The lowest BCUT2D eigenvalue weighted by atomic mass is 10.2. The average Bonchev–Trinajstić information content (AvgIpc) is 3.20. The summed E-state index contributed by atoms with van der Waals surface area (Å²) in [6.45, 7) is 0. The van der Waals surface area contributed by atoms with Gasteiger partial charge in [0.2, 0.25) is 5.91 Å². The molecule has 0 saturated heterocycles. The molecule has 0 aliphatic carbocycles. The van der Waals surface area contributed by atoms with E-state index in [1.807, 2.05) is 28.8 Å². The predicted molar refractivity (Wildman–Crippen MR) is 125 cm³/mol. The number of nitrogens with one attached hydrogen (secondary N) is 1. The van der Waals surface area contributed by atoms with Crippen LogP contribution in [0.1, 0.15) is 0 Å². The fourth-order valence-electron chi connectivity index (χ4n) is 2.80. The van der Waals surface area contributed by atoms with Crippen molar-refractivity contribution >= 4 is 58.2 Å². The van der Waals surface area contributed by atoms with E-state index in [-0.39, 0.29) is 11.7 Å². The quantitative estimate of drug-likeness (QED) is 0.335. The van der Waals surface area contributed by atoms with Gasteiger partial charge in [0.15, 0.2) is 11.0 Å². The summed E-state index contributed by atoms with van der Waals surface area (Å²) in [6.07, 6.45) is 3.37. The summed E-state index contributed by atoms with van der Waals surface area (Å²) in [7, 11) is 0. The molecule has 156 valence electrons. The summed E-state index contributed by atoms with van der Waals surface area (Å²) in [5.41, 5.74) is 2.04. The second-order valence-electron chi connectivity index (χ2n) is 6.29. The Balaban J connectivity index is 1.60. The highest BCUT2D eigenvalue weighted by Crippen LogP contribution is 2.31. The van der Waals surface area contributed by atoms with Crippen LogP contribution in [0, 0.1) is 0 Å². The lowest BCUT2D eigenvalue weighted by Crippen LogP contribution is -2.15. The molecule has 6 nitrogen and oxygen atoms in total. The number of hydrogen-bond acceptors (Lipinski definition) is 5. The van der Waals surface area contributed by atoms with Crippen molar-refractivity contribution in [3.63, 3.8) is 0 Å². The smallest absolute Gasteiger partial charge is 0.234 e. The summed E-state index contributed by atoms with van der Waals surface area (Å²) in [5.74, 6) is 0.446. The molecule has 0 fully saturated rings. The Hall–Kier alpha value is -2.58. The van der Waals surface area contributed by atoms with E-state index >= 15 is 0 Å². The number of amides is 1. The van der Waals surface area contributed by atoms with Crippen LogP contribution in [0.3, 0.4) is 0 Å². The molecule has 31 heavy (non-hydrogen) atoms. The van der Waals surface area contributed by atoms with Crippen LogP contribution in [0.15, 0.2) is 72.1 Å². The number of thioether (sulfide) groups is 1. The van der Waals surface area contributed by atoms with Gasteiger partial charge in [0.1, 0.15) is 0 Å². The summed E-state index contributed by atoms with van der Waals surface area (Å²) < 4.78 is 1.87. The highest BCUT2D eigenvalue weighted by atomic mass is 35.5. The topological polar surface area (TPSA) is 72.7 Å². The van der Waals surface area contributed by atoms with Crippen LogP contribution in [-0.2, 0) is 4.79 Å². The largest absolute Gasteiger partial charge is 0.323 e. The third-order valence-electron chi connectivity index (χ3n) is 4.22. The molecule has 1 amide bonds. The van der Waals surface area contributed by atoms with Gasteiger partial charge in [-0.25, -0.2) is 0 Å². The third kappa shape index (κ3) is 5.02. The molecule has 4 aromatic rings. The SMILES string of the molecule is O=C(CSc1nnc(-c2ccncc2)n1-c1ccc(Cl)cc1)Nc1c(Cl)cccc1Cl. The molecule has 0 aliphatic rings. The minimum absolute atomic E-state index is 0.0869. The number of hydrogen-bond donors (Lipinski definition) is 1. The molecule has 2 aromatic carbocycles. The van der Waals surface area contributed by atoms with Gasteiger partial charge in [0, 0.05) is 28.7 Å². The number of anilines is 1. The number of para-hydroxylation sites is 1. The van der Waals surface area contributed by atoms with E-state index in [2.05, 4.69) is 20.5 Å². The van der Waals surface area contributed by atoms with Gasteiger partial charge in [-0.3, -0.25) is 14.3 Å². The molecule has 4 rings (SSSR count). The highest BCUT2D eigenvalue weighted by Gasteiger charge is 2.18. The zero-order valence-electron chi connectivity index (χ0n) is 15.8. The number of pyridine rings is 1. The van der Waals surface area contributed by atoms with Crippen LogP contribution in [0.4, 0.5) is 5.69 Å². The molecule has 2 heterocycles. The van der Waals surface area contributed by atoms with Crippen molar-refractivity contribution in [2.75, 3.05) is 11.1 Å². The number of carbonyl (C=O) groups is 1. The fraction of sp³-hybridized carbons (Fsp3) is 0.0476. The molecule has 0 bridgehead atoms. The molecule has 0 atom stereocenters. The number of carbonyl (C=O) groups excluding carboxylic acids is 1. The van der Waals surface area contributed by atoms with Crippen molar-refractivity contribution in [1.82, 2.24) is 19.7 Å². The van der Waals surface area contributed by atoms with Gasteiger partial charge in [-0.15, -0.1) is 10.2 Å². The van der Waals surface area contributed by atoms with Crippen LogP contribution in [-0.4, -0.2) is 31.4 Å². The monoisotopic (exact) mass is 489 g/mol. The first-order valence-corrected chi connectivity index (χ1v) is 11.1. The van der Waals surface area contributed by atoms with Crippen LogP contribution in [0.5, 0.6) is 0 Å². The zero-order chi connectivity index (χ0) is 21.8. The second kappa shape index (κ2) is 9.70. The van der Waals surface area contributed by atoms with E-state index in [0.29, 0.717) is 31.7 Å². The summed E-state index contributed by atoms with van der Waals surface area (Å²) >= 11 is 19.6. The van der Waals surface area contributed by atoms with Crippen molar-refractivity contribution in [2.45, 2.75) is 5.16 Å². The highest BCUT2D eigenvalue weighted by molar-refractivity contribution is 7.99. The maximum atomic E-state index is 12.5. The molecule has 0 spiro atoms. The Morgan fingerprint density at radius 1 is 0.935 bits per heavy atom. The Morgan fingerprint density at radius 2 is 1.61 bits per heavy atom. The maximum Gasteiger partial charge on any atom is 0.234 e. The zero-order valence-corrected chi connectivity index (χ0v) is 18.9. The van der Waals surface area contributed by atoms with Gasteiger partial charge < -0.3 is 5.32 Å². The molecule has 0 unspecified atom stereocenters. The second-order valence-corrected chi connectivity index (χ2v) is 8.48. The number of rotatable bonds is 6. The van der Waals surface area contributed by atoms with Crippen molar-refractivity contribution in [3.05, 3.63) is 82.1 Å². The van der Waals surface area contributed by atoms with Crippen molar-refractivity contribution in [1.29, 1.82) is 0 Å². The van der Waals surface area contributed by atoms with Crippen LogP contribution >= 0.6 is 46.6 Å². The van der Waals surface area contributed by atoms with E-state index in [9.17, 15) is 4.79 Å². The van der Waals surface area contributed by atoms with E-state index in [0.717, 1.165) is 11.3 Å². The molecule has 1 N–H and O–H groups in total. The van der Waals surface area contributed by atoms with Crippen LogP contribution < -0.4 is 5.32 Å². The average molecular weight is 491 g/mol. The van der Waals surface area contributed by atoms with Crippen molar-refractivity contribution < 1.29 is 4.79 Å². The molecule has 2 aromatic heterocycles. The molecule has 10 heteroatoms. The fourth-order valence-corrected chi connectivity index (χ4v) is 4.17. The lowest BCUT2D eigenvalue weighted by Gasteiger charge is -2.11. The number of benzene rings is 2. The Labute approximate surface area is 197 Å². The van der Waals surface area contributed by atoms with Gasteiger partial charge in [-0.1, -0.05) is 52.6 Å². The van der Waals surface area contributed by atoms with E-state index in [4.69, 9.17) is 34.8 Å². The van der Waals surface area contributed by atoms with Crippen LogP contribution in [0.25, 0.3) is 17.1 Å². The van der Waals surface area contributed by atoms with E-state index < -0.39 is 0 Å². The first-order valence-electron chi connectivity index (χ1n) is 9.01. The maximum absolute atomic E-state index is 12.5. The van der Waals surface area contributed by atoms with Gasteiger partial charge in [-0.2, -0.15) is 0 Å². The van der Waals surface area contributed by atoms with E-state index in [1.54, 1.807) is 42.7 Å². The van der Waals surface area contributed by atoms with Crippen molar-refractivity contribution in [3.8, 4) is 17.1 Å². The molecular formula is C21H14Cl3N5OS. The standard InChI is InChI=1S/C21H14Cl3N5OS/c22-14-4-6-15(7-5-14)29-20(13-8-10-25-11-9-13)27-28-21(29)31-12-18(30)26-19-16(23)2-1-3-17(19)24/h1-11H,12H2,(H,26,30). The number of aromatic nitrogens is 4. The van der Waals surface area contributed by atoms with Crippen LogP contribution in [0.2, 0.25) is 15.1 Å². The van der Waals surface area contributed by atoms with Gasteiger partial charge in [0.25, 0.3) is 0 Å². The molecular weight excluding hydrogens is 477 g/mol. The first kappa shape index (κ1) is 21.6. The lowest BCUT2D eigenvalue weighted by molar-refractivity contribution is -0.113. The number of halogens is 3. The predicted octanol–water partition coefficient (Wildman–Crippen LogP) is 6.02. The molecule has 0 aliphatic heterocycles. The van der Waals surface area contributed by atoms with Gasteiger partial charge >= 0.3 is 0 Å². The molecule has 0 saturated carbocycles. The minimum atomic E-state index is -0.267. The first-order chi connectivity index (χ1) is 15.0. The Kier molecular flexibility index (Phi) is 6.77. The van der Waals surface area contributed by atoms with Crippen molar-refractivity contribution in [2.24, 2.45) is 0 Å². The molecule has 0 radical (unpaired) electrons. The van der Waals surface area contributed by atoms with Gasteiger partial charge in [0.05, 0.1) is 21.5 Å².